The zero-order valence-corrected chi connectivity index (χ0v) is 11.3. The Balaban J connectivity index is 1.70. The largest absolute Gasteiger partial charge is 0.465 e. The van der Waals surface area contributed by atoms with Crippen molar-refractivity contribution in [3.05, 3.63) is 42.0 Å². The Kier molecular flexibility index (Phi) is 3.30. The lowest BCUT2D eigenvalue weighted by Crippen LogP contribution is -2.26. The minimum Gasteiger partial charge on any atom is -0.465 e. The Morgan fingerprint density at radius 1 is 1.25 bits per heavy atom. The van der Waals surface area contributed by atoms with Gasteiger partial charge in [-0.05, 0) is 42.9 Å². The number of hydrogen-bond acceptors (Lipinski definition) is 3. The van der Waals surface area contributed by atoms with Crippen LogP contribution >= 0.6 is 0 Å². The molecular weight excluding hydrogens is 254 g/mol. The van der Waals surface area contributed by atoms with Gasteiger partial charge in [0.2, 0.25) is 5.91 Å². The number of carbonyl (C=O) groups is 2. The van der Waals surface area contributed by atoms with Crippen molar-refractivity contribution in [2.45, 2.75) is 12.8 Å². The van der Waals surface area contributed by atoms with Gasteiger partial charge in [-0.15, -0.1) is 0 Å². The molecule has 2 aliphatic carbocycles. The smallest absolute Gasteiger partial charge is 0.337 e. The predicted octanol–water partition coefficient (Wildman–Crippen LogP) is 2.62. The van der Waals surface area contributed by atoms with E-state index in [1.165, 1.54) is 7.11 Å². The lowest BCUT2D eigenvalue weighted by molar-refractivity contribution is -0.120. The summed E-state index contributed by atoms with van der Waals surface area (Å²) < 4.78 is 4.68. The highest BCUT2D eigenvalue weighted by Crippen LogP contribution is 2.43. The number of esters is 1. The summed E-state index contributed by atoms with van der Waals surface area (Å²) in [5.41, 5.74) is 1.09. The van der Waals surface area contributed by atoms with Gasteiger partial charge in [0.1, 0.15) is 0 Å². The zero-order chi connectivity index (χ0) is 14.1. The fourth-order valence-electron chi connectivity index (χ4n) is 3.16. The van der Waals surface area contributed by atoms with Crippen molar-refractivity contribution in [3.8, 4) is 0 Å². The molecular formula is C16H17NO3. The van der Waals surface area contributed by atoms with Gasteiger partial charge in [0.15, 0.2) is 0 Å². The first kappa shape index (κ1) is 12.9. The van der Waals surface area contributed by atoms with E-state index in [9.17, 15) is 9.59 Å². The van der Waals surface area contributed by atoms with Crippen LogP contribution in [0.1, 0.15) is 23.2 Å². The van der Waals surface area contributed by atoms with Gasteiger partial charge in [0, 0.05) is 11.6 Å². The van der Waals surface area contributed by atoms with Crippen LogP contribution in [0.2, 0.25) is 0 Å². The lowest BCUT2D eigenvalue weighted by atomic mass is 9.93. The van der Waals surface area contributed by atoms with E-state index in [1.54, 1.807) is 24.3 Å². The molecule has 3 rings (SSSR count). The second kappa shape index (κ2) is 5.12. The average Bonchev–Trinajstić information content (AvgIpc) is 3.09. The van der Waals surface area contributed by atoms with E-state index in [0.717, 1.165) is 12.8 Å². The number of methoxy groups -OCH3 is 1. The monoisotopic (exact) mass is 271 g/mol. The Bertz CT molecular complexity index is 579. The van der Waals surface area contributed by atoms with Crippen molar-refractivity contribution < 1.29 is 14.3 Å². The molecule has 104 valence electrons. The summed E-state index contributed by atoms with van der Waals surface area (Å²) in [5.74, 6) is 0.653. The number of fused-ring (bicyclic) bond motifs is 2. The Morgan fingerprint density at radius 3 is 2.75 bits per heavy atom. The Morgan fingerprint density at radius 2 is 2.10 bits per heavy atom. The number of rotatable bonds is 3. The Hall–Kier alpha value is -2.10. The number of benzene rings is 1. The molecule has 0 spiro atoms. The third-order valence-electron chi connectivity index (χ3n) is 4.17. The number of carbonyl (C=O) groups excluding carboxylic acids is 2. The van der Waals surface area contributed by atoms with E-state index in [-0.39, 0.29) is 11.8 Å². The van der Waals surface area contributed by atoms with E-state index < -0.39 is 5.97 Å². The number of hydrogen-bond donors (Lipinski definition) is 1. The summed E-state index contributed by atoms with van der Waals surface area (Å²) in [7, 11) is 1.34. The number of allylic oxidation sites excluding steroid dienone is 2. The van der Waals surface area contributed by atoms with Crippen LogP contribution in [0.25, 0.3) is 0 Å². The molecule has 3 unspecified atom stereocenters. The normalized spacial score (nSPS) is 26.6. The first-order chi connectivity index (χ1) is 9.67. The SMILES string of the molecule is COC(=O)c1cccc(NC(=O)C2CC3C=CC2C3)c1. The van der Waals surface area contributed by atoms with Crippen molar-refractivity contribution >= 4 is 17.6 Å². The fourth-order valence-corrected chi connectivity index (χ4v) is 3.16. The fraction of sp³-hybridized carbons (Fsp3) is 0.375. The summed E-state index contributed by atoms with van der Waals surface area (Å²) in [6, 6.07) is 6.84. The van der Waals surface area contributed by atoms with Gasteiger partial charge in [-0.25, -0.2) is 4.79 Å². The molecule has 0 saturated heterocycles. The molecule has 4 heteroatoms. The number of ether oxygens (including phenoxy) is 1. The van der Waals surface area contributed by atoms with Crippen LogP contribution in [-0.4, -0.2) is 19.0 Å². The Labute approximate surface area is 117 Å². The van der Waals surface area contributed by atoms with E-state index >= 15 is 0 Å². The molecule has 1 saturated carbocycles. The third kappa shape index (κ3) is 2.33. The van der Waals surface area contributed by atoms with Crippen molar-refractivity contribution in [2.75, 3.05) is 12.4 Å². The maximum atomic E-state index is 12.3. The summed E-state index contributed by atoms with van der Waals surface area (Å²) in [5, 5.41) is 2.91. The van der Waals surface area contributed by atoms with E-state index in [4.69, 9.17) is 0 Å². The molecule has 1 amide bonds. The third-order valence-corrected chi connectivity index (χ3v) is 4.17. The number of amides is 1. The highest BCUT2D eigenvalue weighted by molar-refractivity contribution is 5.95. The summed E-state index contributed by atoms with van der Waals surface area (Å²) in [6.45, 7) is 0. The number of nitrogens with one attached hydrogen (secondary N) is 1. The second-order valence-electron chi connectivity index (χ2n) is 5.45. The van der Waals surface area contributed by atoms with Crippen LogP contribution in [0.4, 0.5) is 5.69 Å². The molecule has 1 N–H and O–H groups in total. The van der Waals surface area contributed by atoms with Crippen LogP contribution in [-0.2, 0) is 9.53 Å². The van der Waals surface area contributed by atoms with Gasteiger partial charge in [-0.3, -0.25) is 4.79 Å². The van der Waals surface area contributed by atoms with Gasteiger partial charge in [-0.2, -0.15) is 0 Å². The minimum atomic E-state index is -0.399. The van der Waals surface area contributed by atoms with E-state index in [0.29, 0.717) is 23.1 Å². The van der Waals surface area contributed by atoms with Gasteiger partial charge in [0.25, 0.3) is 0 Å². The molecule has 0 heterocycles. The average molecular weight is 271 g/mol. The summed E-state index contributed by atoms with van der Waals surface area (Å²) in [4.78, 5) is 23.8. The van der Waals surface area contributed by atoms with Crippen LogP contribution in [0, 0.1) is 17.8 Å². The quantitative estimate of drug-likeness (QED) is 0.679. The molecule has 2 aliphatic rings. The molecule has 20 heavy (non-hydrogen) atoms. The van der Waals surface area contributed by atoms with Crippen LogP contribution in [0.15, 0.2) is 36.4 Å². The van der Waals surface area contributed by atoms with Crippen molar-refractivity contribution in [1.29, 1.82) is 0 Å². The maximum Gasteiger partial charge on any atom is 0.337 e. The second-order valence-corrected chi connectivity index (χ2v) is 5.45. The summed E-state index contributed by atoms with van der Waals surface area (Å²) >= 11 is 0. The molecule has 0 aliphatic heterocycles. The van der Waals surface area contributed by atoms with E-state index in [2.05, 4.69) is 22.2 Å². The first-order valence-electron chi connectivity index (χ1n) is 6.85. The zero-order valence-electron chi connectivity index (χ0n) is 11.3. The lowest BCUT2D eigenvalue weighted by Gasteiger charge is -2.17. The highest BCUT2D eigenvalue weighted by Gasteiger charge is 2.39. The van der Waals surface area contributed by atoms with Gasteiger partial charge in [-0.1, -0.05) is 18.2 Å². The van der Waals surface area contributed by atoms with Gasteiger partial charge in [0.05, 0.1) is 12.7 Å². The summed E-state index contributed by atoms with van der Waals surface area (Å²) in [6.07, 6.45) is 6.40. The highest BCUT2D eigenvalue weighted by atomic mass is 16.5. The first-order valence-corrected chi connectivity index (χ1v) is 6.85. The molecule has 0 aromatic heterocycles. The molecule has 2 bridgehead atoms. The molecule has 1 aromatic carbocycles. The van der Waals surface area contributed by atoms with Crippen molar-refractivity contribution in [1.82, 2.24) is 0 Å². The van der Waals surface area contributed by atoms with E-state index in [1.807, 2.05) is 0 Å². The number of anilines is 1. The van der Waals surface area contributed by atoms with Gasteiger partial charge >= 0.3 is 5.97 Å². The van der Waals surface area contributed by atoms with Crippen LogP contribution in [0.3, 0.4) is 0 Å². The molecule has 0 radical (unpaired) electrons. The molecule has 1 aromatic rings. The molecule has 1 fully saturated rings. The van der Waals surface area contributed by atoms with Crippen molar-refractivity contribution in [3.63, 3.8) is 0 Å². The topological polar surface area (TPSA) is 55.4 Å². The van der Waals surface area contributed by atoms with Crippen molar-refractivity contribution in [2.24, 2.45) is 17.8 Å². The standard InChI is InChI=1S/C16H17NO3/c1-20-16(19)12-3-2-4-13(9-12)17-15(18)14-8-10-5-6-11(14)7-10/h2-6,9-11,14H,7-8H2,1H3,(H,17,18). The predicted molar refractivity (Wildman–Crippen MR) is 75.3 cm³/mol. The molecule has 3 atom stereocenters. The minimum absolute atomic E-state index is 0.0452. The maximum absolute atomic E-state index is 12.3. The molecule has 4 nitrogen and oxygen atoms in total. The van der Waals surface area contributed by atoms with Gasteiger partial charge < -0.3 is 10.1 Å². The van der Waals surface area contributed by atoms with Crippen LogP contribution in [0.5, 0.6) is 0 Å². The van der Waals surface area contributed by atoms with Crippen LogP contribution < -0.4 is 5.32 Å².